The number of benzene rings is 1. The van der Waals surface area contributed by atoms with Gasteiger partial charge in [-0.2, -0.15) is 0 Å². The van der Waals surface area contributed by atoms with Gasteiger partial charge in [-0.1, -0.05) is 12.1 Å². The molecule has 1 N–H and O–H groups in total. The summed E-state index contributed by atoms with van der Waals surface area (Å²) in [5.41, 5.74) is 1.34. The number of morpholine rings is 1. The van der Waals surface area contributed by atoms with Crippen LogP contribution in [-0.4, -0.2) is 42.9 Å². The van der Waals surface area contributed by atoms with E-state index < -0.39 is 0 Å². The van der Waals surface area contributed by atoms with Crippen LogP contribution >= 0.6 is 0 Å². The van der Waals surface area contributed by atoms with E-state index in [0.717, 1.165) is 32.8 Å². The third-order valence-corrected chi connectivity index (χ3v) is 3.10. The van der Waals surface area contributed by atoms with Gasteiger partial charge in [-0.25, -0.2) is 4.39 Å². The third-order valence-electron chi connectivity index (χ3n) is 3.10. The van der Waals surface area contributed by atoms with Crippen LogP contribution in [0.25, 0.3) is 0 Å². The minimum atomic E-state index is -0.218. The Morgan fingerprint density at radius 1 is 1.29 bits per heavy atom. The fourth-order valence-corrected chi connectivity index (χ4v) is 2.00. The molecule has 1 heterocycles. The molecule has 1 aromatic rings. The van der Waals surface area contributed by atoms with Crippen molar-refractivity contribution in [2.45, 2.75) is 13.0 Å². The Hall–Kier alpha value is -0.970. The Morgan fingerprint density at radius 2 is 2.06 bits per heavy atom. The number of ether oxygens (including phenoxy) is 1. The average Bonchev–Trinajstić information content (AvgIpc) is 2.38. The van der Waals surface area contributed by atoms with Crippen molar-refractivity contribution >= 4 is 0 Å². The monoisotopic (exact) mass is 239 g/mol. The summed E-state index contributed by atoms with van der Waals surface area (Å²) in [6.07, 6.45) is 0.706. The van der Waals surface area contributed by atoms with E-state index in [0.29, 0.717) is 17.5 Å². The van der Waals surface area contributed by atoms with Crippen molar-refractivity contribution in [3.8, 4) is 0 Å². The number of nitrogens with zero attached hydrogens (tertiary/aromatic N) is 1. The first-order valence-electron chi connectivity index (χ1n) is 5.98. The second-order valence-electron chi connectivity index (χ2n) is 4.29. The Labute approximate surface area is 101 Å². The van der Waals surface area contributed by atoms with Crippen LogP contribution in [0.2, 0.25) is 0 Å². The van der Waals surface area contributed by atoms with Crippen LogP contribution in [0.1, 0.15) is 11.1 Å². The van der Waals surface area contributed by atoms with Crippen molar-refractivity contribution in [2.24, 2.45) is 0 Å². The fraction of sp³-hybridized carbons (Fsp3) is 0.538. The number of hydrogen-bond donors (Lipinski definition) is 1. The van der Waals surface area contributed by atoms with Gasteiger partial charge in [-0.15, -0.1) is 0 Å². The molecule has 1 saturated heterocycles. The largest absolute Gasteiger partial charge is 0.392 e. The van der Waals surface area contributed by atoms with E-state index in [1.54, 1.807) is 12.1 Å². The topological polar surface area (TPSA) is 32.7 Å². The zero-order valence-electron chi connectivity index (χ0n) is 9.86. The predicted octanol–water partition coefficient (Wildman–Crippen LogP) is 1.19. The Morgan fingerprint density at radius 3 is 2.71 bits per heavy atom. The van der Waals surface area contributed by atoms with Gasteiger partial charge in [-0.3, -0.25) is 4.90 Å². The van der Waals surface area contributed by atoms with Crippen molar-refractivity contribution in [3.63, 3.8) is 0 Å². The molecule has 1 aliphatic heterocycles. The van der Waals surface area contributed by atoms with Gasteiger partial charge in [0.1, 0.15) is 5.82 Å². The highest BCUT2D eigenvalue weighted by atomic mass is 19.1. The van der Waals surface area contributed by atoms with Crippen molar-refractivity contribution in [2.75, 3.05) is 32.8 Å². The fourth-order valence-electron chi connectivity index (χ4n) is 2.00. The maximum atomic E-state index is 13.6. The highest BCUT2D eigenvalue weighted by molar-refractivity contribution is 5.24. The maximum absolute atomic E-state index is 13.6. The number of halogens is 1. The first-order chi connectivity index (χ1) is 8.29. The summed E-state index contributed by atoms with van der Waals surface area (Å²) >= 11 is 0. The van der Waals surface area contributed by atoms with Crippen LogP contribution < -0.4 is 0 Å². The zero-order valence-corrected chi connectivity index (χ0v) is 9.86. The van der Waals surface area contributed by atoms with Crippen LogP contribution in [0, 0.1) is 5.82 Å². The minimum absolute atomic E-state index is 0.110. The summed E-state index contributed by atoms with van der Waals surface area (Å²) in [5, 5.41) is 8.90. The highest BCUT2D eigenvalue weighted by Gasteiger charge is 2.11. The lowest BCUT2D eigenvalue weighted by molar-refractivity contribution is 0.0383. The molecular formula is C13H18FNO2. The molecule has 4 heteroatoms. The highest BCUT2D eigenvalue weighted by Crippen LogP contribution is 2.12. The second kappa shape index (κ2) is 6.10. The lowest BCUT2D eigenvalue weighted by atomic mass is 10.1. The normalized spacial score (nSPS) is 17.3. The number of hydrogen-bond acceptors (Lipinski definition) is 3. The average molecular weight is 239 g/mol. The summed E-state index contributed by atoms with van der Waals surface area (Å²) in [4.78, 5) is 2.28. The van der Waals surface area contributed by atoms with Crippen molar-refractivity contribution in [1.82, 2.24) is 4.90 Å². The number of aliphatic hydroxyl groups excluding tert-OH is 1. The van der Waals surface area contributed by atoms with Crippen LogP contribution in [0.5, 0.6) is 0 Å². The SMILES string of the molecule is OCc1ccc(CCN2CCOCC2)c(F)c1. The van der Waals surface area contributed by atoms with Gasteiger partial charge in [0.05, 0.1) is 19.8 Å². The number of rotatable bonds is 4. The molecule has 0 amide bonds. The molecule has 0 bridgehead atoms. The van der Waals surface area contributed by atoms with Gasteiger partial charge in [0.15, 0.2) is 0 Å². The van der Waals surface area contributed by atoms with Crippen LogP contribution in [0.3, 0.4) is 0 Å². The molecule has 0 spiro atoms. The van der Waals surface area contributed by atoms with E-state index in [9.17, 15) is 4.39 Å². The first-order valence-corrected chi connectivity index (χ1v) is 5.98. The van der Waals surface area contributed by atoms with Crippen molar-refractivity contribution in [1.29, 1.82) is 0 Å². The zero-order chi connectivity index (χ0) is 12.1. The summed E-state index contributed by atoms with van der Waals surface area (Å²) in [6.45, 7) is 4.14. The molecule has 17 heavy (non-hydrogen) atoms. The molecule has 94 valence electrons. The molecule has 0 radical (unpaired) electrons. The van der Waals surface area contributed by atoms with Crippen LogP contribution in [-0.2, 0) is 17.8 Å². The summed E-state index contributed by atoms with van der Waals surface area (Å²) in [5.74, 6) is -0.218. The lowest BCUT2D eigenvalue weighted by Gasteiger charge is -2.26. The van der Waals surface area contributed by atoms with Gasteiger partial charge >= 0.3 is 0 Å². The minimum Gasteiger partial charge on any atom is -0.392 e. The second-order valence-corrected chi connectivity index (χ2v) is 4.29. The molecule has 2 rings (SSSR count). The predicted molar refractivity (Wildman–Crippen MR) is 63.3 cm³/mol. The summed E-state index contributed by atoms with van der Waals surface area (Å²) in [6, 6.07) is 4.95. The van der Waals surface area contributed by atoms with E-state index in [1.165, 1.54) is 6.07 Å². The standard InChI is InChI=1S/C13H18FNO2/c14-13-9-11(10-16)1-2-12(13)3-4-15-5-7-17-8-6-15/h1-2,9,16H,3-8,10H2. The van der Waals surface area contributed by atoms with E-state index in [4.69, 9.17) is 9.84 Å². The summed E-state index contributed by atoms with van der Waals surface area (Å²) in [7, 11) is 0. The van der Waals surface area contributed by atoms with Crippen molar-refractivity contribution in [3.05, 3.63) is 35.1 Å². The molecule has 0 aliphatic carbocycles. The summed E-state index contributed by atoms with van der Waals surface area (Å²) < 4.78 is 18.9. The quantitative estimate of drug-likeness (QED) is 0.856. The van der Waals surface area contributed by atoms with Gasteiger partial charge in [0.25, 0.3) is 0 Å². The van der Waals surface area contributed by atoms with Crippen molar-refractivity contribution < 1.29 is 14.2 Å². The smallest absolute Gasteiger partial charge is 0.126 e. The molecule has 0 unspecified atom stereocenters. The van der Waals surface area contributed by atoms with E-state index in [-0.39, 0.29) is 12.4 Å². The Balaban J connectivity index is 1.89. The Bertz CT molecular complexity index is 364. The van der Waals surface area contributed by atoms with Gasteiger partial charge in [-0.05, 0) is 23.6 Å². The lowest BCUT2D eigenvalue weighted by Crippen LogP contribution is -2.37. The van der Waals surface area contributed by atoms with E-state index >= 15 is 0 Å². The maximum Gasteiger partial charge on any atom is 0.126 e. The molecule has 1 fully saturated rings. The molecule has 3 nitrogen and oxygen atoms in total. The van der Waals surface area contributed by atoms with Gasteiger partial charge < -0.3 is 9.84 Å². The molecule has 1 aromatic carbocycles. The Kier molecular flexibility index (Phi) is 4.48. The van der Waals surface area contributed by atoms with Crippen LogP contribution in [0.4, 0.5) is 4.39 Å². The third kappa shape index (κ3) is 3.49. The molecule has 0 aromatic heterocycles. The molecule has 0 saturated carbocycles. The molecule has 1 aliphatic rings. The first kappa shape index (κ1) is 12.5. The van der Waals surface area contributed by atoms with Gasteiger partial charge in [0.2, 0.25) is 0 Å². The van der Waals surface area contributed by atoms with E-state index in [2.05, 4.69) is 4.90 Å². The van der Waals surface area contributed by atoms with E-state index in [1.807, 2.05) is 0 Å². The van der Waals surface area contributed by atoms with Gasteiger partial charge in [0, 0.05) is 19.6 Å². The molecular weight excluding hydrogens is 221 g/mol. The number of aliphatic hydroxyl groups is 1. The van der Waals surface area contributed by atoms with Crippen LogP contribution in [0.15, 0.2) is 18.2 Å². The molecule has 0 atom stereocenters.